The Bertz CT molecular complexity index is 1530. The number of nitrogens with zero attached hydrogens (tertiary/aromatic N) is 5. The lowest BCUT2D eigenvalue weighted by atomic mass is 10.0. The Morgan fingerprint density at radius 1 is 1.42 bits per heavy atom. The number of aromatic nitrogens is 3. The van der Waals surface area contributed by atoms with E-state index in [9.17, 15) is 19.6 Å². The number of fused-ring (bicyclic) bond motifs is 1. The van der Waals surface area contributed by atoms with E-state index in [1.54, 1.807) is 0 Å². The molecule has 2 aliphatic heterocycles. The van der Waals surface area contributed by atoms with Gasteiger partial charge in [0.05, 0.1) is 54.7 Å². The Hall–Kier alpha value is -3.77. The molecule has 156 valence electrons. The molecule has 1 saturated heterocycles. The second-order valence-corrected chi connectivity index (χ2v) is 7.07. The molecule has 1 aromatic carbocycles. The molecule has 1 amide bonds. The van der Waals surface area contributed by atoms with Crippen LogP contribution in [0.1, 0.15) is 44.5 Å². The maximum atomic E-state index is 14.8. The maximum Gasteiger partial charge on any atom is 0.255 e. The molecule has 3 aromatic rings. The highest BCUT2D eigenvalue weighted by molar-refractivity contribution is 6.01. The molecular weight excluding hydrogens is 399 g/mol. The summed E-state index contributed by atoms with van der Waals surface area (Å²) in [6, 6.07) is 8.36. The van der Waals surface area contributed by atoms with E-state index < -0.39 is 43.6 Å². The van der Waals surface area contributed by atoms with E-state index in [1.807, 2.05) is 6.07 Å². The third-order valence-electron chi connectivity index (χ3n) is 4.95. The molecule has 0 unspecified atom stereocenters. The Balaban J connectivity index is 1.67. The van der Waals surface area contributed by atoms with E-state index in [2.05, 4.69) is 15.4 Å². The molecule has 0 saturated carbocycles. The summed E-state index contributed by atoms with van der Waals surface area (Å²) in [5.41, 5.74) is -2.68. The van der Waals surface area contributed by atoms with Crippen molar-refractivity contribution >= 4 is 11.7 Å². The van der Waals surface area contributed by atoms with Crippen molar-refractivity contribution in [3.05, 3.63) is 59.2 Å². The minimum absolute atomic E-state index is 0.00393. The van der Waals surface area contributed by atoms with Crippen LogP contribution in [0.4, 0.5) is 10.2 Å². The lowest BCUT2D eigenvalue weighted by Gasteiger charge is -2.18. The van der Waals surface area contributed by atoms with Gasteiger partial charge in [0.15, 0.2) is 5.82 Å². The molecule has 0 bridgehead atoms. The lowest BCUT2D eigenvalue weighted by Crippen LogP contribution is -2.29. The minimum Gasteiger partial charge on any atom is -0.388 e. The zero-order valence-corrected chi connectivity index (χ0v) is 15.8. The van der Waals surface area contributed by atoms with Gasteiger partial charge in [0, 0.05) is 32.1 Å². The van der Waals surface area contributed by atoms with Crippen molar-refractivity contribution < 1.29 is 23.9 Å². The lowest BCUT2D eigenvalue weighted by molar-refractivity contribution is 0.0838. The fraction of sp³-hybridized carbons (Fsp3) is 0.273. The maximum absolute atomic E-state index is 14.8. The third kappa shape index (κ3) is 3.21. The molecule has 1 atom stereocenters. The van der Waals surface area contributed by atoms with Gasteiger partial charge in [-0.2, -0.15) is 10.4 Å². The molecule has 2 aliphatic rings. The summed E-state index contributed by atoms with van der Waals surface area (Å²) in [6.07, 6.45) is 0.226. The summed E-state index contributed by atoms with van der Waals surface area (Å²) in [6.45, 7) is -8.98. The molecular formula is C22H19FN6O2. The van der Waals surface area contributed by atoms with Crippen LogP contribution in [0, 0.1) is 17.1 Å². The van der Waals surface area contributed by atoms with Gasteiger partial charge in [-0.15, -0.1) is 0 Å². The Kier molecular flexibility index (Phi) is 2.85. The van der Waals surface area contributed by atoms with Crippen LogP contribution >= 0.6 is 0 Å². The van der Waals surface area contributed by atoms with Gasteiger partial charge < -0.3 is 15.3 Å². The normalized spacial score (nSPS) is 26.9. The summed E-state index contributed by atoms with van der Waals surface area (Å²) in [5, 5.41) is 27.1. The van der Waals surface area contributed by atoms with Crippen molar-refractivity contribution in [1.29, 1.82) is 5.26 Å². The number of carbonyl (C=O) groups excluding carboxylic acids is 1. The summed E-state index contributed by atoms with van der Waals surface area (Å²) < 4.78 is 72.2. The summed E-state index contributed by atoms with van der Waals surface area (Å²) >= 11 is 0. The van der Waals surface area contributed by atoms with Gasteiger partial charge in [0.25, 0.3) is 5.91 Å². The van der Waals surface area contributed by atoms with Gasteiger partial charge in [-0.3, -0.25) is 4.79 Å². The van der Waals surface area contributed by atoms with Gasteiger partial charge >= 0.3 is 0 Å². The van der Waals surface area contributed by atoms with Gasteiger partial charge in [0.1, 0.15) is 5.82 Å². The molecule has 4 heterocycles. The van der Waals surface area contributed by atoms with Gasteiger partial charge in [-0.25, -0.2) is 14.1 Å². The first-order valence-corrected chi connectivity index (χ1v) is 9.22. The largest absolute Gasteiger partial charge is 0.388 e. The van der Waals surface area contributed by atoms with Crippen molar-refractivity contribution in [2.24, 2.45) is 0 Å². The Morgan fingerprint density at radius 2 is 2.29 bits per heavy atom. The van der Waals surface area contributed by atoms with E-state index in [1.165, 1.54) is 30.5 Å². The second-order valence-electron chi connectivity index (χ2n) is 7.07. The van der Waals surface area contributed by atoms with Crippen molar-refractivity contribution in [3.63, 3.8) is 0 Å². The fourth-order valence-corrected chi connectivity index (χ4v) is 3.56. The molecule has 8 nitrogen and oxygen atoms in total. The van der Waals surface area contributed by atoms with Crippen LogP contribution in [0.2, 0.25) is 0 Å². The van der Waals surface area contributed by atoms with Crippen LogP contribution < -0.4 is 10.2 Å². The second kappa shape index (κ2) is 6.89. The van der Waals surface area contributed by atoms with Gasteiger partial charge in [-0.05, 0) is 31.5 Å². The number of aliphatic hydroxyl groups is 1. The molecule has 2 N–H and O–H groups in total. The van der Waals surface area contributed by atoms with Gasteiger partial charge in [-0.1, -0.05) is 6.07 Å². The fourth-order valence-electron chi connectivity index (χ4n) is 3.56. The van der Waals surface area contributed by atoms with E-state index in [4.69, 9.17) is 9.60 Å². The number of hydrogen-bond acceptors (Lipinski definition) is 6. The Morgan fingerprint density at radius 3 is 3.06 bits per heavy atom. The zero-order valence-electron chi connectivity index (χ0n) is 22.8. The number of nitriles is 1. The molecule has 1 fully saturated rings. The number of nitrogens with one attached hydrogen (secondary N) is 1. The smallest absolute Gasteiger partial charge is 0.255 e. The number of benzene rings is 1. The number of carbonyl (C=O) groups is 1. The zero-order chi connectivity index (χ0) is 27.8. The highest BCUT2D eigenvalue weighted by Crippen LogP contribution is 2.32. The first-order chi connectivity index (χ1) is 17.6. The number of pyridine rings is 1. The average molecular weight is 425 g/mol. The molecule has 0 spiro atoms. The highest BCUT2D eigenvalue weighted by atomic mass is 19.1. The summed E-state index contributed by atoms with van der Waals surface area (Å²) in [5.74, 6) is -1.58. The van der Waals surface area contributed by atoms with Crippen molar-refractivity contribution in [2.75, 3.05) is 17.9 Å². The SMILES string of the molecule is [2H]C1([2H])C[C@](O)(C([2H])([2H])[2H])C([2H])([2H])N1c1ccn(-c2cc(-c3c(F)cccc3C#N)nc3c2C(=O)NC3)n1. The number of β-amino-alcohol motifs (C(OH)–C–C–N with tert-alkyl or cyclic N) is 1. The molecule has 0 aliphatic carbocycles. The minimum atomic E-state index is -3.25. The van der Waals surface area contributed by atoms with Gasteiger partial charge in [0.2, 0.25) is 0 Å². The quantitative estimate of drug-likeness (QED) is 0.666. The standard InChI is InChI=1S/C22H19FN6O2/c1-22(31)6-8-28(12-22)18-5-7-29(27-18)17-9-15(26-16-11-25-21(30)20(16)17)19-13(10-24)3-2-4-14(19)23/h2-5,7,9,31H,6,8,11-12H2,1H3,(H,25,30)/t22-/m1/s1/i1D3,8D2,12D2. The predicted molar refractivity (Wildman–Crippen MR) is 110 cm³/mol. The molecule has 5 rings (SSSR count). The molecule has 0 radical (unpaired) electrons. The van der Waals surface area contributed by atoms with Crippen LogP contribution in [0.5, 0.6) is 0 Å². The molecule has 31 heavy (non-hydrogen) atoms. The number of hydrogen-bond donors (Lipinski definition) is 2. The molecule has 9 heteroatoms. The number of rotatable bonds is 3. The van der Waals surface area contributed by atoms with E-state index in [0.717, 1.165) is 10.7 Å². The first kappa shape index (κ1) is 12.8. The summed E-state index contributed by atoms with van der Waals surface area (Å²) in [4.78, 5) is 17.4. The van der Waals surface area contributed by atoms with Crippen molar-refractivity contribution in [1.82, 2.24) is 20.1 Å². The topological polar surface area (TPSA) is 107 Å². The average Bonchev–Trinajstić information content (AvgIpc) is 3.47. The van der Waals surface area contributed by atoms with E-state index >= 15 is 0 Å². The predicted octanol–water partition coefficient (Wildman–Crippen LogP) is 2.15. The molecule has 2 aromatic heterocycles. The summed E-state index contributed by atoms with van der Waals surface area (Å²) in [7, 11) is 0. The van der Waals surface area contributed by atoms with Crippen LogP contribution in [-0.4, -0.2) is 44.4 Å². The van der Waals surface area contributed by atoms with Crippen LogP contribution in [0.25, 0.3) is 16.9 Å². The van der Waals surface area contributed by atoms with Crippen LogP contribution in [0.15, 0.2) is 36.5 Å². The third-order valence-corrected chi connectivity index (χ3v) is 4.95. The highest BCUT2D eigenvalue weighted by Gasteiger charge is 2.33. The monoisotopic (exact) mass is 425 g/mol. The Labute approximate surface area is 187 Å². The van der Waals surface area contributed by atoms with Crippen LogP contribution in [0.3, 0.4) is 0 Å². The van der Waals surface area contributed by atoms with E-state index in [0.29, 0.717) is 4.90 Å². The first-order valence-electron chi connectivity index (χ1n) is 12.7. The number of anilines is 1. The van der Waals surface area contributed by atoms with E-state index in [-0.39, 0.29) is 46.1 Å². The number of halogens is 1. The van der Waals surface area contributed by atoms with Crippen LogP contribution in [-0.2, 0) is 6.54 Å². The van der Waals surface area contributed by atoms with Crippen molar-refractivity contribution in [3.8, 4) is 23.0 Å². The van der Waals surface area contributed by atoms with Crippen molar-refractivity contribution in [2.45, 2.75) is 25.4 Å². The number of amides is 1.